The molecule has 0 atom stereocenters. The van der Waals surface area contributed by atoms with E-state index < -0.39 is 0 Å². The molecule has 0 aliphatic carbocycles. The summed E-state index contributed by atoms with van der Waals surface area (Å²) in [7, 11) is 0. The minimum atomic E-state index is 0.0512. The summed E-state index contributed by atoms with van der Waals surface area (Å²) >= 11 is 4.88. The van der Waals surface area contributed by atoms with Crippen molar-refractivity contribution >= 4 is 33.0 Å². The summed E-state index contributed by atoms with van der Waals surface area (Å²) in [5.74, 6) is 0.0512. The van der Waals surface area contributed by atoms with Crippen LogP contribution in [0.4, 0.5) is 0 Å². The van der Waals surface area contributed by atoms with Crippen molar-refractivity contribution in [2.24, 2.45) is 0 Å². The van der Waals surface area contributed by atoms with Gasteiger partial charge in [0.25, 0.3) is 0 Å². The van der Waals surface area contributed by atoms with Crippen molar-refractivity contribution in [2.45, 2.75) is 26.8 Å². The highest BCUT2D eigenvalue weighted by molar-refractivity contribution is 9.10. The average Bonchev–Trinajstić information content (AvgIpc) is 2.86. The summed E-state index contributed by atoms with van der Waals surface area (Å²) in [5, 5.41) is 6.16. The molecule has 90 valence electrons. The lowest BCUT2D eigenvalue weighted by molar-refractivity contribution is 0.103. The SMILES string of the molecule is CCCn1ncc(Br)c1C(=O)c1sccc1C. The minimum Gasteiger partial charge on any atom is -0.286 e. The number of carbonyl (C=O) groups is 1. The third-order valence-corrected chi connectivity index (χ3v) is 4.11. The van der Waals surface area contributed by atoms with E-state index in [9.17, 15) is 4.79 Å². The van der Waals surface area contributed by atoms with Gasteiger partial charge in [-0.25, -0.2) is 0 Å². The number of carbonyl (C=O) groups excluding carboxylic acids is 1. The third-order valence-electron chi connectivity index (χ3n) is 2.51. The van der Waals surface area contributed by atoms with Crippen molar-refractivity contribution in [1.29, 1.82) is 0 Å². The highest BCUT2D eigenvalue weighted by Gasteiger charge is 2.20. The molecule has 0 aliphatic heterocycles. The molecule has 0 unspecified atom stereocenters. The molecule has 0 spiro atoms. The lowest BCUT2D eigenvalue weighted by Crippen LogP contribution is -2.11. The van der Waals surface area contributed by atoms with E-state index in [-0.39, 0.29) is 5.78 Å². The Morgan fingerprint density at radius 1 is 1.59 bits per heavy atom. The van der Waals surface area contributed by atoms with Gasteiger partial charge in [0.05, 0.1) is 15.5 Å². The van der Waals surface area contributed by atoms with Crippen molar-refractivity contribution < 1.29 is 4.79 Å². The quantitative estimate of drug-likeness (QED) is 0.808. The Morgan fingerprint density at radius 3 is 2.94 bits per heavy atom. The average molecular weight is 313 g/mol. The molecule has 0 radical (unpaired) electrons. The lowest BCUT2D eigenvalue weighted by Gasteiger charge is -2.05. The van der Waals surface area contributed by atoms with Crippen molar-refractivity contribution in [2.75, 3.05) is 0 Å². The highest BCUT2D eigenvalue weighted by Crippen LogP contribution is 2.24. The van der Waals surface area contributed by atoms with E-state index in [1.807, 2.05) is 18.4 Å². The topological polar surface area (TPSA) is 34.9 Å². The maximum atomic E-state index is 12.4. The normalized spacial score (nSPS) is 10.8. The van der Waals surface area contributed by atoms with Crippen LogP contribution >= 0.6 is 27.3 Å². The van der Waals surface area contributed by atoms with Gasteiger partial charge in [-0.3, -0.25) is 9.48 Å². The van der Waals surface area contributed by atoms with Crippen LogP contribution in [0.2, 0.25) is 0 Å². The molecule has 2 aromatic heterocycles. The monoisotopic (exact) mass is 312 g/mol. The molecule has 2 aromatic rings. The van der Waals surface area contributed by atoms with E-state index in [0.717, 1.165) is 27.9 Å². The highest BCUT2D eigenvalue weighted by atomic mass is 79.9. The number of thiophene rings is 1. The molecular formula is C12H13BrN2OS. The summed E-state index contributed by atoms with van der Waals surface area (Å²) in [6.45, 7) is 4.79. The maximum Gasteiger partial charge on any atom is 0.222 e. The number of hydrogen-bond donors (Lipinski definition) is 0. The van der Waals surface area contributed by atoms with Crippen LogP contribution in [0.1, 0.15) is 34.3 Å². The molecule has 17 heavy (non-hydrogen) atoms. The Kier molecular flexibility index (Phi) is 3.79. The van der Waals surface area contributed by atoms with E-state index in [1.165, 1.54) is 11.3 Å². The molecule has 0 saturated carbocycles. The molecule has 0 amide bonds. The van der Waals surface area contributed by atoms with Gasteiger partial charge in [0, 0.05) is 6.54 Å². The van der Waals surface area contributed by atoms with Gasteiger partial charge >= 0.3 is 0 Å². The zero-order valence-corrected chi connectivity index (χ0v) is 12.1. The number of nitrogens with zero attached hydrogens (tertiary/aromatic N) is 2. The number of aromatic nitrogens is 2. The van der Waals surface area contributed by atoms with Crippen molar-refractivity contribution in [3.8, 4) is 0 Å². The first-order chi connectivity index (χ1) is 8.15. The fourth-order valence-corrected chi connectivity index (χ4v) is 3.02. The Hall–Kier alpha value is -0.940. The fourth-order valence-electron chi connectivity index (χ4n) is 1.68. The summed E-state index contributed by atoms with van der Waals surface area (Å²) in [5.41, 5.74) is 1.67. The van der Waals surface area contributed by atoms with Crippen molar-refractivity contribution in [3.05, 3.63) is 38.3 Å². The first-order valence-corrected chi connectivity index (χ1v) is 7.12. The summed E-state index contributed by atoms with van der Waals surface area (Å²) < 4.78 is 2.54. The molecule has 2 rings (SSSR count). The van der Waals surface area contributed by atoms with Crippen LogP contribution in [0.3, 0.4) is 0 Å². The largest absolute Gasteiger partial charge is 0.286 e. The Labute approximate surface area is 113 Å². The van der Waals surface area contributed by atoms with Gasteiger partial charge < -0.3 is 0 Å². The van der Waals surface area contributed by atoms with Crippen LogP contribution in [0, 0.1) is 6.92 Å². The van der Waals surface area contributed by atoms with Gasteiger partial charge in [-0.1, -0.05) is 6.92 Å². The molecule has 0 aromatic carbocycles. The second kappa shape index (κ2) is 5.14. The van der Waals surface area contributed by atoms with E-state index in [1.54, 1.807) is 10.9 Å². The number of hydrogen-bond acceptors (Lipinski definition) is 3. The second-order valence-electron chi connectivity index (χ2n) is 3.83. The predicted octanol–water partition coefficient (Wildman–Crippen LogP) is 3.66. The zero-order valence-electron chi connectivity index (χ0n) is 9.74. The van der Waals surface area contributed by atoms with Crippen LogP contribution in [-0.2, 0) is 6.54 Å². The van der Waals surface area contributed by atoms with Crippen molar-refractivity contribution in [3.63, 3.8) is 0 Å². The van der Waals surface area contributed by atoms with Crippen LogP contribution < -0.4 is 0 Å². The first-order valence-electron chi connectivity index (χ1n) is 5.45. The molecule has 2 heterocycles. The number of aryl methyl sites for hydroxylation is 2. The Bertz CT molecular complexity index is 544. The molecule has 5 heteroatoms. The third kappa shape index (κ3) is 2.35. The fraction of sp³-hybridized carbons (Fsp3) is 0.333. The summed E-state index contributed by atoms with van der Waals surface area (Å²) in [6, 6.07) is 1.96. The van der Waals surface area contributed by atoms with Crippen LogP contribution in [0.5, 0.6) is 0 Å². The summed E-state index contributed by atoms with van der Waals surface area (Å²) in [4.78, 5) is 13.2. The molecule has 0 bridgehead atoms. The first kappa shape index (κ1) is 12.5. The number of halogens is 1. The van der Waals surface area contributed by atoms with Crippen LogP contribution in [0.15, 0.2) is 22.1 Å². The van der Waals surface area contributed by atoms with Crippen LogP contribution in [0.25, 0.3) is 0 Å². The Morgan fingerprint density at radius 2 is 2.35 bits per heavy atom. The number of rotatable bonds is 4. The zero-order chi connectivity index (χ0) is 12.4. The van der Waals surface area contributed by atoms with Gasteiger partial charge in [0.15, 0.2) is 0 Å². The molecule has 3 nitrogen and oxygen atoms in total. The van der Waals surface area contributed by atoms with E-state index >= 15 is 0 Å². The van der Waals surface area contributed by atoms with E-state index in [0.29, 0.717) is 5.69 Å². The molecule has 0 saturated heterocycles. The molecule has 0 aliphatic rings. The van der Waals surface area contributed by atoms with Crippen molar-refractivity contribution in [1.82, 2.24) is 9.78 Å². The Balaban J connectivity index is 2.43. The molecule has 0 N–H and O–H groups in total. The van der Waals surface area contributed by atoms with Gasteiger partial charge in [-0.05, 0) is 46.3 Å². The number of ketones is 1. The predicted molar refractivity (Wildman–Crippen MR) is 72.7 cm³/mol. The summed E-state index contributed by atoms with van der Waals surface area (Å²) in [6.07, 6.45) is 2.64. The van der Waals surface area contributed by atoms with E-state index in [4.69, 9.17) is 0 Å². The second-order valence-corrected chi connectivity index (χ2v) is 5.60. The standard InChI is InChI=1S/C12H13BrN2OS/c1-3-5-15-10(9(13)7-14-15)11(16)12-8(2)4-6-17-12/h4,6-7H,3,5H2,1-2H3. The maximum absolute atomic E-state index is 12.4. The molecular weight excluding hydrogens is 300 g/mol. The van der Waals surface area contributed by atoms with E-state index in [2.05, 4.69) is 28.0 Å². The van der Waals surface area contributed by atoms with Gasteiger partial charge in [0.2, 0.25) is 5.78 Å². The van der Waals surface area contributed by atoms with Gasteiger partial charge in [0.1, 0.15) is 5.69 Å². The molecule has 0 fully saturated rings. The lowest BCUT2D eigenvalue weighted by atomic mass is 10.2. The van der Waals surface area contributed by atoms with Crippen LogP contribution in [-0.4, -0.2) is 15.6 Å². The smallest absolute Gasteiger partial charge is 0.222 e. The van der Waals surface area contributed by atoms with Gasteiger partial charge in [-0.2, -0.15) is 5.10 Å². The van der Waals surface area contributed by atoms with Gasteiger partial charge in [-0.15, -0.1) is 11.3 Å². The minimum absolute atomic E-state index is 0.0512.